The van der Waals surface area contributed by atoms with E-state index in [-0.39, 0.29) is 17.6 Å². The van der Waals surface area contributed by atoms with Crippen molar-refractivity contribution in [1.29, 1.82) is 0 Å². The van der Waals surface area contributed by atoms with Crippen LogP contribution in [0.15, 0.2) is 36.5 Å². The van der Waals surface area contributed by atoms with E-state index >= 15 is 0 Å². The Morgan fingerprint density at radius 1 is 1.32 bits per heavy atom. The first-order chi connectivity index (χ1) is 12.1. The summed E-state index contributed by atoms with van der Waals surface area (Å²) < 4.78 is 1.19. The average molecular weight is 353 g/mol. The molecule has 1 atom stereocenters. The minimum atomic E-state index is -0.0432. The number of benzene rings is 1. The molecule has 0 unspecified atom stereocenters. The molecule has 0 bridgehead atoms. The highest BCUT2D eigenvalue weighted by molar-refractivity contribution is 7.18. The molecule has 1 fully saturated rings. The smallest absolute Gasteiger partial charge is 0.270 e. The van der Waals surface area contributed by atoms with E-state index in [1.807, 2.05) is 23.1 Å². The van der Waals surface area contributed by atoms with Gasteiger partial charge >= 0.3 is 0 Å². The van der Waals surface area contributed by atoms with E-state index in [1.165, 1.54) is 11.6 Å². The molecule has 1 amide bonds. The van der Waals surface area contributed by atoms with Gasteiger partial charge < -0.3 is 9.88 Å². The number of aromatic amines is 1. The van der Waals surface area contributed by atoms with Crippen LogP contribution >= 0.6 is 11.3 Å². The number of aromatic nitrogens is 2. The Kier molecular flexibility index (Phi) is 4.13. The number of rotatable bonds is 3. The highest BCUT2D eigenvalue weighted by Gasteiger charge is 2.28. The molecular formula is C19H19N3O2S. The molecule has 1 N–H and O–H groups in total. The Morgan fingerprint density at radius 2 is 2.16 bits per heavy atom. The standard InChI is InChI=1S/C19H19N3O2S/c1-12(23)14-9-16(20-10-14)19(24)22-8-4-5-13(11-22)18-21-15-6-2-3-7-17(15)25-18/h2-3,6-7,9-10,13,20H,4-5,8,11H2,1H3/t13-/m0/s1. The highest BCUT2D eigenvalue weighted by atomic mass is 32.1. The second-order valence-electron chi connectivity index (χ2n) is 6.47. The van der Waals surface area contributed by atoms with Crippen molar-refractivity contribution in [2.45, 2.75) is 25.7 Å². The Bertz CT molecular complexity index is 910. The molecule has 1 aliphatic rings. The molecule has 0 spiro atoms. The summed E-state index contributed by atoms with van der Waals surface area (Å²) in [5.41, 5.74) is 2.06. The van der Waals surface area contributed by atoms with E-state index in [4.69, 9.17) is 4.98 Å². The van der Waals surface area contributed by atoms with Crippen molar-refractivity contribution in [3.63, 3.8) is 0 Å². The van der Waals surface area contributed by atoms with Crippen LogP contribution in [0, 0.1) is 0 Å². The van der Waals surface area contributed by atoms with Crippen LogP contribution < -0.4 is 0 Å². The fraction of sp³-hybridized carbons (Fsp3) is 0.316. The maximum atomic E-state index is 12.8. The number of hydrogen-bond donors (Lipinski definition) is 1. The zero-order chi connectivity index (χ0) is 17.4. The molecular weight excluding hydrogens is 334 g/mol. The lowest BCUT2D eigenvalue weighted by Crippen LogP contribution is -2.39. The van der Waals surface area contributed by atoms with Gasteiger partial charge in [-0.1, -0.05) is 12.1 Å². The van der Waals surface area contributed by atoms with Crippen LogP contribution in [0.2, 0.25) is 0 Å². The largest absolute Gasteiger partial charge is 0.356 e. The average Bonchev–Trinajstić information content (AvgIpc) is 3.28. The van der Waals surface area contributed by atoms with Gasteiger partial charge in [0.15, 0.2) is 5.78 Å². The molecule has 0 aliphatic carbocycles. The number of carbonyl (C=O) groups is 2. The minimum absolute atomic E-state index is 0.0405. The van der Waals surface area contributed by atoms with Crippen LogP contribution in [0.4, 0.5) is 0 Å². The van der Waals surface area contributed by atoms with Crippen molar-refractivity contribution in [3.05, 3.63) is 52.8 Å². The summed E-state index contributed by atoms with van der Waals surface area (Å²) in [6.07, 6.45) is 3.62. The van der Waals surface area contributed by atoms with Crippen molar-refractivity contribution < 1.29 is 9.59 Å². The van der Waals surface area contributed by atoms with Crippen molar-refractivity contribution in [2.24, 2.45) is 0 Å². The molecule has 4 rings (SSSR count). The summed E-state index contributed by atoms with van der Waals surface area (Å²) in [4.78, 5) is 33.7. The topological polar surface area (TPSA) is 66.1 Å². The van der Waals surface area contributed by atoms with Gasteiger partial charge in [-0.25, -0.2) is 4.98 Å². The van der Waals surface area contributed by atoms with E-state index in [0.29, 0.717) is 17.8 Å². The van der Waals surface area contributed by atoms with Gasteiger partial charge in [0.2, 0.25) is 0 Å². The van der Waals surface area contributed by atoms with E-state index in [1.54, 1.807) is 23.6 Å². The fourth-order valence-electron chi connectivity index (χ4n) is 3.32. The van der Waals surface area contributed by atoms with Crippen molar-refractivity contribution in [2.75, 3.05) is 13.1 Å². The van der Waals surface area contributed by atoms with Crippen LogP contribution in [0.1, 0.15) is 51.5 Å². The summed E-state index contributed by atoms with van der Waals surface area (Å²) in [7, 11) is 0. The SMILES string of the molecule is CC(=O)c1c[nH]c(C(=O)N2CCC[C@H](c3nc4ccccc4s3)C2)c1. The molecule has 1 saturated heterocycles. The first-order valence-corrected chi connectivity index (χ1v) is 9.27. The van der Waals surface area contributed by atoms with Crippen LogP contribution in [0.5, 0.6) is 0 Å². The number of para-hydroxylation sites is 1. The number of carbonyl (C=O) groups excluding carboxylic acids is 2. The molecule has 5 nitrogen and oxygen atoms in total. The van der Waals surface area contributed by atoms with E-state index in [2.05, 4.69) is 11.1 Å². The van der Waals surface area contributed by atoms with Crippen molar-refractivity contribution in [3.8, 4) is 0 Å². The second-order valence-corrected chi connectivity index (χ2v) is 7.53. The van der Waals surface area contributed by atoms with Crippen LogP contribution in [-0.2, 0) is 0 Å². The van der Waals surface area contributed by atoms with Gasteiger partial charge in [0, 0.05) is 30.8 Å². The number of nitrogens with zero attached hydrogens (tertiary/aromatic N) is 2. The van der Waals surface area contributed by atoms with Gasteiger partial charge in [-0.3, -0.25) is 9.59 Å². The number of piperidine rings is 1. The predicted octanol–water partition coefficient (Wildman–Crippen LogP) is 3.85. The third-order valence-corrected chi connectivity index (χ3v) is 5.89. The Hall–Kier alpha value is -2.47. The molecule has 1 aromatic carbocycles. The van der Waals surface area contributed by atoms with E-state index in [9.17, 15) is 9.59 Å². The lowest BCUT2D eigenvalue weighted by molar-refractivity contribution is 0.0702. The molecule has 128 valence electrons. The maximum absolute atomic E-state index is 12.8. The monoisotopic (exact) mass is 353 g/mol. The maximum Gasteiger partial charge on any atom is 0.270 e. The number of fused-ring (bicyclic) bond motifs is 1. The Balaban J connectivity index is 1.53. The summed E-state index contributed by atoms with van der Waals surface area (Å²) in [6, 6.07) is 9.79. The zero-order valence-corrected chi connectivity index (χ0v) is 14.8. The summed E-state index contributed by atoms with van der Waals surface area (Å²) in [5, 5.41) is 1.11. The van der Waals surface area contributed by atoms with E-state index in [0.717, 1.165) is 29.9 Å². The van der Waals surface area contributed by atoms with Crippen LogP contribution in [0.3, 0.4) is 0 Å². The molecule has 3 aromatic rings. The third kappa shape index (κ3) is 3.09. The minimum Gasteiger partial charge on any atom is -0.356 e. The highest BCUT2D eigenvalue weighted by Crippen LogP contribution is 2.33. The molecule has 25 heavy (non-hydrogen) atoms. The lowest BCUT2D eigenvalue weighted by Gasteiger charge is -2.31. The zero-order valence-electron chi connectivity index (χ0n) is 14.0. The number of nitrogens with one attached hydrogen (secondary N) is 1. The molecule has 0 saturated carbocycles. The number of hydrogen-bond acceptors (Lipinski definition) is 4. The second kappa shape index (κ2) is 6.44. The molecule has 6 heteroatoms. The number of Topliss-reactive ketones (excluding diaryl/α,β-unsaturated/α-hetero) is 1. The van der Waals surface area contributed by atoms with Gasteiger partial charge in [-0.2, -0.15) is 0 Å². The fourth-order valence-corrected chi connectivity index (χ4v) is 4.41. The quantitative estimate of drug-likeness (QED) is 0.728. The number of ketones is 1. The van der Waals surface area contributed by atoms with Gasteiger partial charge in [-0.05, 0) is 38.0 Å². The molecule has 3 heterocycles. The van der Waals surface area contributed by atoms with Gasteiger partial charge in [0.05, 0.1) is 15.2 Å². The summed E-state index contributed by atoms with van der Waals surface area (Å²) >= 11 is 1.72. The Labute approximate surface area is 149 Å². The van der Waals surface area contributed by atoms with Crippen molar-refractivity contribution in [1.82, 2.24) is 14.9 Å². The number of likely N-dealkylation sites (tertiary alicyclic amines) is 1. The number of thiazole rings is 1. The normalized spacial score (nSPS) is 17.8. The number of H-pyrrole nitrogens is 1. The first-order valence-electron chi connectivity index (χ1n) is 8.46. The van der Waals surface area contributed by atoms with Crippen LogP contribution in [0.25, 0.3) is 10.2 Å². The number of amides is 1. The third-order valence-electron chi connectivity index (χ3n) is 4.69. The molecule has 0 radical (unpaired) electrons. The summed E-state index contributed by atoms with van der Waals surface area (Å²) in [6.45, 7) is 2.92. The summed E-state index contributed by atoms with van der Waals surface area (Å²) in [5.74, 6) is 0.192. The predicted molar refractivity (Wildman–Crippen MR) is 98.3 cm³/mol. The molecule has 1 aliphatic heterocycles. The van der Waals surface area contributed by atoms with E-state index < -0.39 is 0 Å². The van der Waals surface area contributed by atoms with Crippen molar-refractivity contribution >= 4 is 33.2 Å². The Morgan fingerprint density at radius 3 is 2.92 bits per heavy atom. The van der Waals surface area contributed by atoms with Gasteiger partial charge in [0.25, 0.3) is 5.91 Å². The van der Waals surface area contributed by atoms with Gasteiger partial charge in [0.1, 0.15) is 5.69 Å². The first kappa shape index (κ1) is 16.0. The lowest BCUT2D eigenvalue weighted by atomic mass is 9.98. The van der Waals surface area contributed by atoms with Gasteiger partial charge in [-0.15, -0.1) is 11.3 Å². The molecule has 2 aromatic heterocycles. The van der Waals surface area contributed by atoms with Crippen LogP contribution in [-0.4, -0.2) is 39.6 Å².